The van der Waals surface area contributed by atoms with Crippen molar-refractivity contribution < 1.29 is 14.3 Å². The highest BCUT2D eigenvalue weighted by atomic mass is 32.1. The predicted molar refractivity (Wildman–Crippen MR) is 73.4 cm³/mol. The zero-order valence-corrected chi connectivity index (χ0v) is 11.0. The summed E-state index contributed by atoms with van der Waals surface area (Å²) in [4.78, 5) is 12.6. The molecule has 0 unspecified atom stereocenters. The van der Waals surface area contributed by atoms with E-state index in [0.29, 0.717) is 18.1 Å². The lowest BCUT2D eigenvalue weighted by Crippen LogP contribution is -2.10. The first-order valence-corrected chi connectivity index (χ1v) is 6.89. The smallest absolute Gasteiger partial charge is 0.265 e. The second kappa shape index (κ2) is 5.52. The predicted octanol–water partition coefficient (Wildman–Crippen LogP) is 3.05. The van der Waals surface area contributed by atoms with Crippen LogP contribution in [0.3, 0.4) is 0 Å². The highest BCUT2D eigenvalue weighted by Crippen LogP contribution is 2.24. The Bertz CT molecular complexity index is 545. The van der Waals surface area contributed by atoms with E-state index in [1.165, 1.54) is 11.3 Å². The van der Waals surface area contributed by atoms with Crippen molar-refractivity contribution in [3.8, 4) is 0 Å². The molecule has 3 rings (SSSR count). The number of benzene rings is 1. The number of anilines is 1. The van der Waals surface area contributed by atoms with Gasteiger partial charge in [0.1, 0.15) is 0 Å². The standard InChI is InChI=1S/C14H13NO3S/c16-13(12-2-1-9-19-12)15-11-5-3-10(4-6-11)14-17-7-8-18-14/h1-6,9,14H,7-8H2,(H,15,16). The van der Waals surface area contributed by atoms with Crippen LogP contribution in [-0.4, -0.2) is 19.1 Å². The number of nitrogens with one attached hydrogen (secondary N) is 1. The van der Waals surface area contributed by atoms with E-state index in [2.05, 4.69) is 5.32 Å². The van der Waals surface area contributed by atoms with Gasteiger partial charge in [-0.05, 0) is 23.6 Å². The summed E-state index contributed by atoms with van der Waals surface area (Å²) in [5.41, 5.74) is 1.73. The fourth-order valence-corrected chi connectivity index (χ4v) is 2.49. The zero-order chi connectivity index (χ0) is 13.1. The Morgan fingerprint density at radius 2 is 1.89 bits per heavy atom. The molecule has 0 aliphatic carbocycles. The number of ether oxygens (including phenoxy) is 2. The van der Waals surface area contributed by atoms with E-state index >= 15 is 0 Å². The Morgan fingerprint density at radius 3 is 2.53 bits per heavy atom. The van der Waals surface area contributed by atoms with Crippen molar-refractivity contribution in [2.45, 2.75) is 6.29 Å². The summed E-state index contributed by atoms with van der Waals surface area (Å²) in [6.45, 7) is 1.25. The first-order chi connectivity index (χ1) is 9.33. The van der Waals surface area contributed by atoms with Gasteiger partial charge in [-0.15, -0.1) is 11.3 Å². The van der Waals surface area contributed by atoms with Gasteiger partial charge in [-0.1, -0.05) is 18.2 Å². The fraction of sp³-hybridized carbons (Fsp3) is 0.214. The van der Waals surface area contributed by atoms with Crippen LogP contribution < -0.4 is 5.32 Å². The Morgan fingerprint density at radius 1 is 1.16 bits per heavy atom. The van der Waals surface area contributed by atoms with Gasteiger partial charge in [0.15, 0.2) is 6.29 Å². The molecule has 1 fully saturated rings. The zero-order valence-electron chi connectivity index (χ0n) is 10.2. The van der Waals surface area contributed by atoms with Crippen LogP contribution in [0.1, 0.15) is 21.5 Å². The largest absolute Gasteiger partial charge is 0.346 e. The van der Waals surface area contributed by atoms with Crippen molar-refractivity contribution in [3.63, 3.8) is 0 Å². The average Bonchev–Trinajstić information content (AvgIpc) is 3.13. The summed E-state index contributed by atoms with van der Waals surface area (Å²) in [5, 5.41) is 4.73. The van der Waals surface area contributed by atoms with Gasteiger partial charge in [0.05, 0.1) is 18.1 Å². The van der Waals surface area contributed by atoms with Crippen molar-refractivity contribution >= 4 is 22.9 Å². The van der Waals surface area contributed by atoms with Crippen molar-refractivity contribution in [3.05, 3.63) is 52.2 Å². The average molecular weight is 275 g/mol. The van der Waals surface area contributed by atoms with Gasteiger partial charge < -0.3 is 14.8 Å². The third-order valence-electron chi connectivity index (χ3n) is 2.81. The van der Waals surface area contributed by atoms with Gasteiger partial charge in [-0.25, -0.2) is 0 Å². The molecule has 0 spiro atoms. The summed E-state index contributed by atoms with van der Waals surface area (Å²) in [7, 11) is 0. The number of rotatable bonds is 3. The van der Waals surface area contributed by atoms with Crippen LogP contribution in [0.4, 0.5) is 5.69 Å². The van der Waals surface area contributed by atoms with Crippen molar-refractivity contribution in [1.29, 1.82) is 0 Å². The molecule has 98 valence electrons. The maximum absolute atomic E-state index is 11.9. The third-order valence-corrected chi connectivity index (χ3v) is 3.68. The van der Waals surface area contributed by atoms with Crippen LogP contribution >= 0.6 is 11.3 Å². The molecule has 1 aliphatic heterocycles. The van der Waals surface area contributed by atoms with Crippen LogP contribution in [0.5, 0.6) is 0 Å². The van der Waals surface area contributed by atoms with E-state index < -0.39 is 0 Å². The molecule has 19 heavy (non-hydrogen) atoms. The molecule has 4 nitrogen and oxygen atoms in total. The molecule has 0 atom stereocenters. The number of thiophene rings is 1. The minimum Gasteiger partial charge on any atom is -0.346 e. The number of carbonyl (C=O) groups is 1. The van der Waals surface area contributed by atoms with Gasteiger partial charge in [0.2, 0.25) is 0 Å². The van der Waals surface area contributed by atoms with E-state index in [1.54, 1.807) is 6.07 Å². The summed E-state index contributed by atoms with van der Waals surface area (Å²) in [5.74, 6) is -0.0869. The monoisotopic (exact) mass is 275 g/mol. The number of carbonyl (C=O) groups excluding carboxylic acids is 1. The third kappa shape index (κ3) is 2.84. The van der Waals surface area contributed by atoms with E-state index in [1.807, 2.05) is 35.7 Å². The minimum atomic E-state index is -0.276. The summed E-state index contributed by atoms with van der Waals surface area (Å²) >= 11 is 1.42. The van der Waals surface area contributed by atoms with Crippen LogP contribution in [-0.2, 0) is 9.47 Å². The maximum Gasteiger partial charge on any atom is 0.265 e. The molecule has 0 bridgehead atoms. The van der Waals surface area contributed by atoms with Crippen molar-refractivity contribution in [1.82, 2.24) is 0 Å². The van der Waals surface area contributed by atoms with Crippen molar-refractivity contribution in [2.75, 3.05) is 18.5 Å². The Kier molecular flexibility index (Phi) is 3.59. The lowest BCUT2D eigenvalue weighted by molar-refractivity contribution is -0.0441. The molecule has 2 aromatic rings. The highest BCUT2D eigenvalue weighted by Gasteiger charge is 2.17. The van der Waals surface area contributed by atoms with Crippen LogP contribution in [0, 0.1) is 0 Å². The fourth-order valence-electron chi connectivity index (χ4n) is 1.87. The lowest BCUT2D eigenvalue weighted by Gasteiger charge is -2.10. The van der Waals surface area contributed by atoms with Gasteiger partial charge >= 0.3 is 0 Å². The second-order valence-electron chi connectivity index (χ2n) is 4.13. The van der Waals surface area contributed by atoms with Gasteiger partial charge in [0.25, 0.3) is 5.91 Å². The van der Waals surface area contributed by atoms with E-state index in [0.717, 1.165) is 11.3 Å². The molecule has 1 N–H and O–H groups in total. The molecule has 1 aromatic heterocycles. The van der Waals surface area contributed by atoms with E-state index in [-0.39, 0.29) is 12.2 Å². The lowest BCUT2D eigenvalue weighted by atomic mass is 10.2. The molecule has 0 radical (unpaired) electrons. The van der Waals surface area contributed by atoms with Crippen molar-refractivity contribution in [2.24, 2.45) is 0 Å². The summed E-state index contributed by atoms with van der Waals surface area (Å²) in [6, 6.07) is 11.2. The number of amides is 1. The quantitative estimate of drug-likeness (QED) is 0.936. The first kappa shape index (κ1) is 12.3. The van der Waals surface area contributed by atoms with Gasteiger partial charge in [-0.3, -0.25) is 4.79 Å². The minimum absolute atomic E-state index is 0.0869. The summed E-state index contributed by atoms with van der Waals surface area (Å²) in [6.07, 6.45) is -0.276. The Labute approximate surface area is 115 Å². The Balaban J connectivity index is 1.67. The topological polar surface area (TPSA) is 47.6 Å². The number of hydrogen-bond acceptors (Lipinski definition) is 4. The highest BCUT2D eigenvalue weighted by molar-refractivity contribution is 7.12. The molecule has 1 amide bonds. The van der Waals surface area contributed by atoms with Gasteiger partial charge in [0, 0.05) is 11.3 Å². The molecule has 1 aliphatic rings. The van der Waals surface area contributed by atoms with Crippen LogP contribution in [0.25, 0.3) is 0 Å². The maximum atomic E-state index is 11.9. The molecule has 0 saturated carbocycles. The molecule has 5 heteroatoms. The van der Waals surface area contributed by atoms with E-state index in [9.17, 15) is 4.79 Å². The van der Waals surface area contributed by atoms with Gasteiger partial charge in [-0.2, -0.15) is 0 Å². The molecular formula is C14H13NO3S. The molecular weight excluding hydrogens is 262 g/mol. The molecule has 2 heterocycles. The van der Waals surface area contributed by atoms with Crippen LogP contribution in [0.2, 0.25) is 0 Å². The van der Waals surface area contributed by atoms with Crippen LogP contribution in [0.15, 0.2) is 41.8 Å². The van der Waals surface area contributed by atoms with E-state index in [4.69, 9.17) is 9.47 Å². The normalized spacial score (nSPS) is 15.6. The number of hydrogen-bond donors (Lipinski definition) is 1. The Hall–Kier alpha value is -1.69. The molecule has 1 saturated heterocycles. The SMILES string of the molecule is O=C(Nc1ccc(C2OCCO2)cc1)c1cccs1. The molecule has 1 aromatic carbocycles. The second-order valence-corrected chi connectivity index (χ2v) is 5.07. The summed E-state index contributed by atoms with van der Waals surface area (Å²) < 4.78 is 10.8. The first-order valence-electron chi connectivity index (χ1n) is 6.01.